The first-order chi connectivity index (χ1) is 8.20. The molecular weight excluding hydrogens is 234 g/mol. The maximum Gasteiger partial charge on any atom is 0.410 e. The number of nitrogens with zero attached hydrogens (tertiary/aromatic N) is 1. The summed E-state index contributed by atoms with van der Waals surface area (Å²) >= 11 is 0. The first kappa shape index (κ1) is 14.8. The van der Waals surface area contributed by atoms with Crippen LogP contribution >= 0.6 is 0 Å². The number of carboxylic acid groups (broad SMARTS) is 1. The SMILES string of the molecule is CN(C(=O)OC(C)(C)C)[C@H]1CCC[C@@H](C(=O)O)C1. The molecule has 0 aromatic rings. The van der Waals surface area contributed by atoms with E-state index >= 15 is 0 Å². The molecule has 18 heavy (non-hydrogen) atoms. The van der Waals surface area contributed by atoms with Gasteiger partial charge in [0.1, 0.15) is 5.60 Å². The predicted octanol–water partition coefficient (Wildman–Crippen LogP) is 2.50. The summed E-state index contributed by atoms with van der Waals surface area (Å²) in [6.45, 7) is 5.46. The molecule has 1 saturated carbocycles. The molecule has 0 aromatic carbocycles. The molecule has 0 heterocycles. The van der Waals surface area contributed by atoms with Crippen LogP contribution in [0.1, 0.15) is 46.5 Å². The molecule has 1 amide bonds. The largest absolute Gasteiger partial charge is 0.481 e. The van der Waals surface area contributed by atoms with Gasteiger partial charge in [-0.2, -0.15) is 0 Å². The number of ether oxygens (including phenoxy) is 1. The fourth-order valence-corrected chi connectivity index (χ4v) is 2.22. The Kier molecular flexibility index (Phi) is 4.59. The van der Waals surface area contributed by atoms with Crippen LogP contribution in [0.4, 0.5) is 4.79 Å². The molecule has 0 radical (unpaired) electrons. The Bertz CT molecular complexity index is 321. The average Bonchev–Trinajstić information content (AvgIpc) is 2.26. The molecule has 1 N–H and O–H groups in total. The summed E-state index contributed by atoms with van der Waals surface area (Å²) in [5.41, 5.74) is -0.522. The van der Waals surface area contributed by atoms with Crippen LogP contribution in [0.3, 0.4) is 0 Å². The van der Waals surface area contributed by atoms with Gasteiger partial charge in [-0.15, -0.1) is 0 Å². The number of carbonyl (C=O) groups is 2. The molecule has 0 saturated heterocycles. The minimum absolute atomic E-state index is 0.0327. The molecule has 0 aromatic heterocycles. The lowest BCUT2D eigenvalue weighted by atomic mass is 9.85. The van der Waals surface area contributed by atoms with Gasteiger partial charge in [-0.1, -0.05) is 6.42 Å². The molecule has 1 fully saturated rings. The topological polar surface area (TPSA) is 66.8 Å². The first-order valence-electron chi connectivity index (χ1n) is 6.39. The van der Waals surface area contributed by atoms with E-state index in [2.05, 4.69) is 0 Å². The zero-order chi connectivity index (χ0) is 13.9. The van der Waals surface area contributed by atoms with Crippen molar-refractivity contribution < 1.29 is 19.4 Å². The minimum Gasteiger partial charge on any atom is -0.481 e. The van der Waals surface area contributed by atoms with E-state index < -0.39 is 11.6 Å². The second-order valence-electron chi connectivity index (χ2n) is 5.95. The van der Waals surface area contributed by atoms with Gasteiger partial charge in [0.05, 0.1) is 5.92 Å². The maximum atomic E-state index is 11.9. The lowest BCUT2D eigenvalue weighted by Crippen LogP contribution is -2.43. The zero-order valence-electron chi connectivity index (χ0n) is 11.6. The molecule has 2 atom stereocenters. The standard InChI is InChI=1S/C13H23NO4/c1-13(2,3)18-12(17)14(4)10-7-5-6-9(8-10)11(15)16/h9-10H,5-8H2,1-4H3,(H,15,16)/t9-,10+/m1/s1. The van der Waals surface area contributed by atoms with Crippen LogP contribution in [0.25, 0.3) is 0 Å². The summed E-state index contributed by atoms with van der Waals surface area (Å²) in [4.78, 5) is 24.4. The summed E-state index contributed by atoms with van der Waals surface area (Å²) in [7, 11) is 1.68. The summed E-state index contributed by atoms with van der Waals surface area (Å²) in [5.74, 6) is -1.11. The van der Waals surface area contributed by atoms with Crippen molar-refractivity contribution in [3.8, 4) is 0 Å². The number of aliphatic carboxylic acids is 1. The third-order valence-electron chi connectivity index (χ3n) is 3.22. The van der Waals surface area contributed by atoms with Crippen LogP contribution in [0, 0.1) is 5.92 Å². The zero-order valence-corrected chi connectivity index (χ0v) is 11.6. The summed E-state index contributed by atoms with van der Waals surface area (Å²) in [6, 6.07) is -0.0327. The van der Waals surface area contributed by atoms with Gasteiger partial charge >= 0.3 is 12.1 Å². The highest BCUT2D eigenvalue weighted by Crippen LogP contribution is 2.28. The molecule has 1 aliphatic rings. The van der Waals surface area contributed by atoms with Gasteiger partial charge in [-0.05, 0) is 40.0 Å². The molecule has 1 rings (SSSR count). The van der Waals surface area contributed by atoms with Gasteiger partial charge in [0.15, 0.2) is 0 Å². The van der Waals surface area contributed by atoms with Crippen LogP contribution in [-0.2, 0) is 9.53 Å². The molecule has 104 valence electrons. The Morgan fingerprint density at radius 2 is 1.89 bits per heavy atom. The van der Waals surface area contributed by atoms with Crippen molar-refractivity contribution >= 4 is 12.1 Å². The molecule has 5 nitrogen and oxygen atoms in total. The van der Waals surface area contributed by atoms with Gasteiger partial charge in [0.25, 0.3) is 0 Å². The molecule has 0 aliphatic heterocycles. The third kappa shape index (κ3) is 4.20. The second kappa shape index (κ2) is 5.59. The van der Waals surface area contributed by atoms with Crippen LogP contribution < -0.4 is 0 Å². The van der Waals surface area contributed by atoms with Crippen LogP contribution in [0.5, 0.6) is 0 Å². The fourth-order valence-electron chi connectivity index (χ4n) is 2.22. The summed E-state index contributed by atoms with van der Waals surface area (Å²) in [5, 5.41) is 9.03. The number of carbonyl (C=O) groups excluding carboxylic acids is 1. The van der Waals surface area contributed by atoms with Crippen molar-refractivity contribution in [3.05, 3.63) is 0 Å². The number of amides is 1. The van der Waals surface area contributed by atoms with Gasteiger partial charge in [-0.3, -0.25) is 4.79 Å². The van der Waals surface area contributed by atoms with Crippen molar-refractivity contribution in [2.24, 2.45) is 5.92 Å². The highest BCUT2D eigenvalue weighted by atomic mass is 16.6. The molecule has 1 aliphatic carbocycles. The number of carboxylic acids is 1. The van der Waals surface area contributed by atoms with Crippen molar-refractivity contribution in [2.45, 2.75) is 58.1 Å². The minimum atomic E-state index is -0.766. The van der Waals surface area contributed by atoms with Gasteiger partial charge in [0.2, 0.25) is 0 Å². The van der Waals surface area contributed by atoms with Crippen LogP contribution in [0.15, 0.2) is 0 Å². The number of rotatable bonds is 2. The van der Waals surface area contributed by atoms with E-state index in [1.165, 1.54) is 0 Å². The lowest BCUT2D eigenvalue weighted by molar-refractivity contribution is -0.143. The highest BCUT2D eigenvalue weighted by molar-refractivity contribution is 5.71. The van der Waals surface area contributed by atoms with E-state index in [9.17, 15) is 9.59 Å². The molecule has 0 bridgehead atoms. The van der Waals surface area contributed by atoms with Gasteiger partial charge in [-0.25, -0.2) is 4.79 Å². The van der Waals surface area contributed by atoms with Crippen LogP contribution in [0.2, 0.25) is 0 Å². The highest BCUT2D eigenvalue weighted by Gasteiger charge is 2.32. The van der Waals surface area contributed by atoms with E-state index in [4.69, 9.17) is 9.84 Å². The summed E-state index contributed by atoms with van der Waals surface area (Å²) in [6.07, 6.45) is 2.53. The number of hydrogen-bond acceptors (Lipinski definition) is 3. The Morgan fingerprint density at radius 1 is 1.28 bits per heavy atom. The third-order valence-corrected chi connectivity index (χ3v) is 3.22. The molecule has 0 spiro atoms. The van der Waals surface area contributed by atoms with E-state index in [1.807, 2.05) is 20.8 Å². The lowest BCUT2D eigenvalue weighted by Gasteiger charge is -2.34. The predicted molar refractivity (Wildman–Crippen MR) is 67.4 cm³/mol. The average molecular weight is 257 g/mol. The quantitative estimate of drug-likeness (QED) is 0.825. The van der Waals surface area contributed by atoms with Crippen molar-refractivity contribution in [3.63, 3.8) is 0 Å². The van der Waals surface area contributed by atoms with E-state index in [1.54, 1.807) is 11.9 Å². The molecular formula is C13H23NO4. The fraction of sp³-hybridized carbons (Fsp3) is 0.846. The summed E-state index contributed by atoms with van der Waals surface area (Å²) < 4.78 is 5.29. The van der Waals surface area contributed by atoms with E-state index in [0.717, 1.165) is 12.8 Å². The Morgan fingerprint density at radius 3 is 2.39 bits per heavy atom. The van der Waals surface area contributed by atoms with Crippen molar-refractivity contribution in [1.29, 1.82) is 0 Å². The number of hydrogen-bond donors (Lipinski definition) is 1. The van der Waals surface area contributed by atoms with Crippen LogP contribution in [-0.4, -0.2) is 40.8 Å². The monoisotopic (exact) mass is 257 g/mol. The second-order valence-corrected chi connectivity index (χ2v) is 5.95. The van der Waals surface area contributed by atoms with Gasteiger partial charge in [0, 0.05) is 13.1 Å². The van der Waals surface area contributed by atoms with Crippen molar-refractivity contribution in [1.82, 2.24) is 4.90 Å². The van der Waals surface area contributed by atoms with E-state index in [0.29, 0.717) is 12.8 Å². The van der Waals surface area contributed by atoms with Gasteiger partial charge < -0.3 is 14.7 Å². The first-order valence-corrected chi connectivity index (χ1v) is 6.39. The maximum absolute atomic E-state index is 11.9. The normalized spacial score (nSPS) is 24.4. The van der Waals surface area contributed by atoms with E-state index in [-0.39, 0.29) is 18.1 Å². The Balaban J connectivity index is 2.58. The van der Waals surface area contributed by atoms with Crippen molar-refractivity contribution in [2.75, 3.05) is 7.05 Å². The molecule has 0 unspecified atom stereocenters. The Hall–Kier alpha value is -1.26. The smallest absolute Gasteiger partial charge is 0.410 e. The Labute approximate surface area is 108 Å². The molecule has 5 heteroatoms.